The van der Waals surface area contributed by atoms with Crippen molar-refractivity contribution in [3.8, 4) is 6.07 Å². The summed E-state index contributed by atoms with van der Waals surface area (Å²) in [5, 5.41) is 10.1. The van der Waals surface area contributed by atoms with Gasteiger partial charge in [0.25, 0.3) is 5.91 Å². The molecule has 4 rings (SSSR count). The van der Waals surface area contributed by atoms with Gasteiger partial charge in [0.1, 0.15) is 6.07 Å². The maximum atomic E-state index is 13.5. The number of anilines is 1. The van der Waals surface area contributed by atoms with Crippen molar-refractivity contribution in [2.75, 3.05) is 4.90 Å². The largest absolute Gasteiger partial charge is 0.426 e. The fourth-order valence-electron chi connectivity index (χ4n) is 3.48. The van der Waals surface area contributed by atoms with Crippen molar-refractivity contribution in [3.63, 3.8) is 0 Å². The number of carbonyl (C=O) groups excluding carboxylic acids is 2. The van der Waals surface area contributed by atoms with Crippen LogP contribution in [0.2, 0.25) is 0 Å². The topological polar surface area (TPSA) is 70.4 Å². The Hall–Kier alpha value is -3.43. The highest BCUT2D eigenvalue weighted by Crippen LogP contribution is 2.45. The average Bonchev–Trinajstić information content (AvgIpc) is 2.97. The number of halogens is 1. The number of rotatable bonds is 4. The first-order valence-corrected chi connectivity index (χ1v) is 10.1. The summed E-state index contributed by atoms with van der Waals surface area (Å²) >= 11 is 3.39. The molecule has 1 aliphatic heterocycles. The minimum Gasteiger partial charge on any atom is -0.426 e. The SMILES string of the molecule is Cc1ccc(C(=O)OC2(C#N)C(=O)N(Cc3ccccc3)c3ccc(Br)cc32)cc1. The molecule has 0 fully saturated rings. The molecule has 1 atom stereocenters. The van der Waals surface area contributed by atoms with Crippen LogP contribution in [0.15, 0.2) is 77.3 Å². The lowest BCUT2D eigenvalue weighted by molar-refractivity contribution is -0.132. The number of fused-ring (bicyclic) bond motifs is 1. The molecule has 0 bridgehead atoms. The molecule has 1 unspecified atom stereocenters. The summed E-state index contributed by atoms with van der Waals surface area (Å²) in [6, 6.07) is 23.4. The van der Waals surface area contributed by atoms with Crippen molar-refractivity contribution in [1.82, 2.24) is 0 Å². The number of aryl methyl sites for hydroxylation is 1. The van der Waals surface area contributed by atoms with E-state index in [1.54, 1.807) is 42.5 Å². The molecule has 0 N–H and O–H groups in total. The van der Waals surface area contributed by atoms with E-state index in [2.05, 4.69) is 15.9 Å². The van der Waals surface area contributed by atoms with E-state index in [-0.39, 0.29) is 12.1 Å². The lowest BCUT2D eigenvalue weighted by Gasteiger charge is -2.22. The zero-order valence-electron chi connectivity index (χ0n) is 16.1. The number of esters is 1. The Morgan fingerprint density at radius 3 is 2.47 bits per heavy atom. The van der Waals surface area contributed by atoms with Gasteiger partial charge in [-0.2, -0.15) is 5.26 Å². The number of benzene rings is 3. The standard InChI is InChI=1S/C24H17BrN2O3/c1-16-7-9-18(10-8-16)22(28)30-24(15-26)20-13-19(25)11-12-21(20)27(23(24)29)14-17-5-3-2-4-6-17/h2-13H,14H2,1H3. The Kier molecular flexibility index (Phi) is 5.15. The maximum Gasteiger partial charge on any atom is 0.340 e. The van der Waals surface area contributed by atoms with E-state index in [9.17, 15) is 14.9 Å². The molecule has 1 heterocycles. The van der Waals surface area contributed by atoms with Gasteiger partial charge in [-0.05, 0) is 42.8 Å². The molecule has 0 saturated carbocycles. The highest BCUT2D eigenvalue weighted by molar-refractivity contribution is 9.10. The summed E-state index contributed by atoms with van der Waals surface area (Å²) in [5.41, 5.74) is 1.02. The van der Waals surface area contributed by atoms with Crippen molar-refractivity contribution < 1.29 is 14.3 Å². The monoisotopic (exact) mass is 460 g/mol. The summed E-state index contributed by atoms with van der Waals surface area (Å²) in [6.45, 7) is 2.17. The van der Waals surface area contributed by atoms with Crippen LogP contribution >= 0.6 is 15.9 Å². The molecule has 0 aromatic heterocycles. The van der Waals surface area contributed by atoms with Crippen LogP contribution in [0.3, 0.4) is 0 Å². The van der Waals surface area contributed by atoms with Gasteiger partial charge in [-0.1, -0.05) is 64.0 Å². The molecular weight excluding hydrogens is 444 g/mol. The number of ether oxygens (including phenoxy) is 1. The van der Waals surface area contributed by atoms with Crippen molar-refractivity contribution in [1.29, 1.82) is 5.26 Å². The summed E-state index contributed by atoms with van der Waals surface area (Å²) in [7, 11) is 0. The van der Waals surface area contributed by atoms with Crippen LogP contribution < -0.4 is 4.90 Å². The van der Waals surface area contributed by atoms with E-state index >= 15 is 0 Å². The lowest BCUT2D eigenvalue weighted by atomic mass is 9.96. The smallest absolute Gasteiger partial charge is 0.340 e. The Labute approximate surface area is 182 Å². The van der Waals surface area contributed by atoms with E-state index in [0.29, 0.717) is 15.7 Å². The van der Waals surface area contributed by atoms with E-state index in [1.165, 1.54) is 4.90 Å². The van der Waals surface area contributed by atoms with Gasteiger partial charge in [0.05, 0.1) is 17.8 Å². The Bertz CT molecular complexity index is 1170. The predicted octanol–water partition coefficient (Wildman–Crippen LogP) is 4.88. The zero-order chi connectivity index (χ0) is 21.3. The van der Waals surface area contributed by atoms with Gasteiger partial charge in [-0.25, -0.2) is 4.79 Å². The van der Waals surface area contributed by atoms with Gasteiger partial charge < -0.3 is 9.64 Å². The molecule has 1 amide bonds. The molecule has 6 heteroatoms. The quantitative estimate of drug-likeness (QED) is 0.520. The normalized spacial score (nSPS) is 17.4. The van der Waals surface area contributed by atoms with Crippen LogP contribution in [0.4, 0.5) is 5.69 Å². The number of hydrogen-bond acceptors (Lipinski definition) is 4. The van der Waals surface area contributed by atoms with Gasteiger partial charge in [-0.15, -0.1) is 0 Å². The number of carbonyl (C=O) groups is 2. The molecule has 0 saturated heterocycles. The minimum absolute atomic E-state index is 0.264. The fraction of sp³-hybridized carbons (Fsp3) is 0.125. The molecule has 5 nitrogen and oxygen atoms in total. The summed E-state index contributed by atoms with van der Waals surface area (Å²) in [6.07, 6.45) is 0. The van der Waals surface area contributed by atoms with Crippen LogP contribution in [-0.2, 0) is 21.7 Å². The Morgan fingerprint density at radius 2 is 1.80 bits per heavy atom. The van der Waals surface area contributed by atoms with E-state index in [4.69, 9.17) is 4.74 Å². The Morgan fingerprint density at radius 1 is 1.10 bits per heavy atom. The molecule has 0 spiro atoms. The number of nitrogens with zero attached hydrogens (tertiary/aromatic N) is 2. The average molecular weight is 461 g/mol. The van der Waals surface area contributed by atoms with Gasteiger partial charge >= 0.3 is 11.6 Å². The molecule has 30 heavy (non-hydrogen) atoms. The highest BCUT2D eigenvalue weighted by atomic mass is 79.9. The first-order chi connectivity index (χ1) is 14.4. The van der Waals surface area contributed by atoms with E-state index in [1.807, 2.05) is 43.3 Å². The molecular formula is C24H17BrN2O3. The van der Waals surface area contributed by atoms with Crippen LogP contribution in [0.5, 0.6) is 0 Å². The third-order valence-electron chi connectivity index (χ3n) is 5.05. The molecule has 3 aromatic carbocycles. The van der Waals surface area contributed by atoms with Crippen LogP contribution in [-0.4, -0.2) is 11.9 Å². The van der Waals surface area contributed by atoms with Crippen molar-refractivity contribution in [2.45, 2.75) is 19.1 Å². The first-order valence-electron chi connectivity index (χ1n) is 9.32. The third kappa shape index (κ3) is 3.38. The number of nitriles is 1. The van der Waals surface area contributed by atoms with E-state index < -0.39 is 17.5 Å². The highest BCUT2D eigenvalue weighted by Gasteiger charge is 2.55. The molecule has 0 radical (unpaired) electrons. The Balaban J connectivity index is 1.76. The van der Waals surface area contributed by atoms with Crippen molar-refractivity contribution in [2.24, 2.45) is 0 Å². The number of amides is 1. The van der Waals surface area contributed by atoms with Crippen molar-refractivity contribution in [3.05, 3.63) is 99.5 Å². The second-order valence-electron chi connectivity index (χ2n) is 7.09. The van der Waals surface area contributed by atoms with Gasteiger partial charge in [0.2, 0.25) is 0 Å². The second kappa shape index (κ2) is 7.77. The minimum atomic E-state index is -2.05. The van der Waals surface area contributed by atoms with Gasteiger partial charge in [-0.3, -0.25) is 4.79 Å². The van der Waals surface area contributed by atoms with Crippen molar-refractivity contribution >= 4 is 33.5 Å². The fourth-order valence-corrected chi connectivity index (χ4v) is 3.84. The molecule has 148 valence electrons. The van der Waals surface area contributed by atoms with Gasteiger partial charge in [0.15, 0.2) is 0 Å². The van der Waals surface area contributed by atoms with Gasteiger partial charge in [0, 0.05) is 10.0 Å². The zero-order valence-corrected chi connectivity index (χ0v) is 17.7. The predicted molar refractivity (Wildman–Crippen MR) is 116 cm³/mol. The molecule has 0 aliphatic carbocycles. The maximum absolute atomic E-state index is 13.5. The van der Waals surface area contributed by atoms with E-state index in [0.717, 1.165) is 11.1 Å². The van der Waals surface area contributed by atoms with Crippen LogP contribution in [0.1, 0.15) is 27.0 Å². The summed E-state index contributed by atoms with van der Waals surface area (Å²) in [5.74, 6) is -1.31. The second-order valence-corrected chi connectivity index (χ2v) is 8.00. The van der Waals surface area contributed by atoms with Crippen LogP contribution in [0.25, 0.3) is 0 Å². The first kappa shape index (κ1) is 19.9. The summed E-state index contributed by atoms with van der Waals surface area (Å²) in [4.78, 5) is 27.8. The number of hydrogen-bond donors (Lipinski definition) is 0. The lowest BCUT2D eigenvalue weighted by Crippen LogP contribution is -2.42. The molecule has 3 aromatic rings. The summed E-state index contributed by atoms with van der Waals surface area (Å²) < 4.78 is 6.31. The molecule has 1 aliphatic rings. The third-order valence-corrected chi connectivity index (χ3v) is 5.54. The van der Waals surface area contributed by atoms with Crippen LogP contribution in [0, 0.1) is 18.3 Å².